The van der Waals surface area contributed by atoms with Crippen LogP contribution in [0.3, 0.4) is 0 Å². The predicted octanol–water partition coefficient (Wildman–Crippen LogP) is 3.24. The van der Waals surface area contributed by atoms with E-state index in [2.05, 4.69) is 20.6 Å². The van der Waals surface area contributed by atoms with Gasteiger partial charge in [-0.05, 0) is 6.92 Å². The molecule has 0 spiro atoms. The van der Waals surface area contributed by atoms with Gasteiger partial charge in [0.25, 0.3) is 0 Å². The summed E-state index contributed by atoms with van der Waals surface area (Å²) in [4.78, 5) is 8.39. The van der Waals surface area contributed by atoms with E-state index >= 15 is 0 Å². The van der Waals surface area contributed by atoms with Crippen molar-refractivity contribution in [1.29, 1.82) is 0 Å². The molecule has 0 amide bonds. The lowest BCUT2D eigenvalue weighted by molar-refractivity contribution is 0.405. The fraction of sp³-hybridized carbons (Fsp3) is 0.286. The second-order valence-corrected chi connectivity index (χ2v) is 4.67. The van der Waals surface area contributed by atoms with Crippen molar-refractivity contribution in [2.45, 2.75) is 6.92 Å². The number of nitrogens with zero attached hydrogens (tertiary/aromatic N) is 2. The smallest absolute Gasteiger partial charge is 0.144 e. The number of aromatic nitrogens is 2. The van der Waals surface area contributed by atoms with Gasteiger partial charge in [0.15, 0.2) is 0 Å². The molecule has 0 saturated carbocycles. The Morgan fingerprint density at radius 2 is 1.71 bits per heavy atom. The van der Waals surface area contributed by atoms with Crippen molar-refractivity contribution in [3.05, 3.63) is 29.0 Å². The third-order valence-electron chi connectivity index (χ3n) is 3.05. The van der Waals surface area contributed by atoms with Crippen molar-refractivity contribution in [1.82, 2.24) is 9.97 Å². The van der Waals surface area contributed by atoms with Crippen LogP contribution in [0.15, 0.2) is 18.5 Å². The number of rotatable bonds is 5. The molecule has 2 N–H and O–H groups in total. The zero-order valence-electron chi connectivity index (χ0n) is 12.3. The Kier molecular flexibility index (Phi) is 4.70. The van der Waals surface area contributed by atoms with Gasteiger partial charge in [0.1, 0.15) is 29.5 Å². The maximum atomic E-state index is 6.09. The molecule has 21 heavy (non-hydrogen) atoms. The van der Waals surface area contributed by atoms with Crippen LogP contribution in [0.5, 0.6) is 11.5 Å². The van der Waals surface area contributed by atoms with Gasteiger partial charge in [-0.2, -0.15) is 0 Å². The average Bonchev–Trinajstić information content (AvgIpc) is 2.50. The molecule has 6 nitrogen and oxygen atoms in total. The zero-order chi connectivity index (χ0) is 15.4. The number of ether oxygens (including phenoxy) is 2. The van der Waals surface area contributed by atoms with Gasteiger partial charge < -0.3 is 20.1 Å². The van der Waals surface area contributed by atoms with Crippen LogP contribution in [-0.2, 0) is 0 Å². The molecule has 0 aliphatic rings. The van der Waals surface area contributed by atoms with E-state index in [1.54, 1.807) is 26.4 Å². The number of anilines is 3. The molecule has 112 valence electrons. The normalized spacial score (nSPS) is 10.1. The predicted molar refractivity (Wildman–Crippen MR) is 84.2 cm³/mol. The van der Waals surface area contributed by atoms with Gasteiger partial charge >= 0.3 is 0 Å². The van der Waals surface area contributed by atoms with E-state index in [9.17, 15) is 0 Å². The maximum Gasteiger partial charge on any atom is 0.144 e. The Morgan fingerprint density at radius 3 is 2.33 bits per heavy atom. The molecule has 0 aliphatic heterocycles. The molecule has 0 saturated heterocycles. The minimum absolute atomic E-state index is 0.482. The fourth-order valence-electron chi connectivity index (χ4n) is 1.91. The van der Waals surface area contributed by atoms with Crippen LogP contribution in [-0.4, -0.2) is 31.2 Å². The highest BCUT2D eigenvalue weighted by atomic mass is 35.5. The second-order valence-electron chi connectivity index (χ2n) is 4.26. The molecule has 0 fully saturated rings. The summed E-state index contributed by atoms with van der Waals surface area (Å²) in [6.45, 7) is 1.92. The number of nitrogens with one attached hydrogen (secondary N) is 2. The molecule has 1 aromatic heterocycles. The van der Waals surface area contributed by atoms with Crippen LogP contribution in [0.2, 0.25) is 5.02 Å². The lowest BCUT2D eigenvalue weighted by Crippen LogP contribution is -2.03. The van der Waals surface area contributed by atoms with Crippen LogP contribution in [0.4, 0.5) is 17.3 Å². The highest BCUT2D eigenvalue weighted by Crippen LogP contribution is 2.37. The highest BCUT2D eigenvalue weighted by Gasteiger charge is 2.13. The Bertz CT molecular complexity index is 649. The van der Waals surface area contributed by atoms with Crippen LogP contribution >= 0.6 is 11.6 Å². The van der Waals surface area contributed by atoms with E-state index in [0.29, 0.717) is 28.0 Å². The number of benzene rings is 1. The van der Waals surface area contributed by atoms with Crippen molar-refractivity contribution in [3.63, 3.8) is 0 Å². The third-order valence-corrected chi connectivity index (χ3v) is 3.34. The van der Waals surface area contributed by atoms with Gasteiger partial charge in [0.2, 0.25) is 0 Å². The monoisotopic (exact) mass is 308 g/mol. The molecule has 2 rings (SSSR count). The molecular weight excluding hydrogens is 292 g/mol. The van der Waals surface area contributed by atoms with Crippen molar-refractivity contribution >= 4 is 28.9 Å². The second kappa shape index (κ2) is 6.49. The first-order valence-corrected chi connectivity index (χ1v) is 6.66. The van der Waals surface area contributed by atoms with E-state index in [4.69, 9.17) is 21.1 Å². The molecule has 0 radical (unpaired) electrons. The molecule has 0 bridgehead atoms. The number of hydrogen-bond acceptors (Lipinski definition) is 6. The summed E-state index contributed by atoms with van der Waals surface area (Å²) in [5.74, 6) is 2.59. The molecule has 1 aromatic carbocycles. The largest absolute Gasteiger partial charge is 0.495 e. The Balaban J connectivity index is 2.43. The summed E-state index contributed by atoms with van der Waals surface area (Å²) in [7, 11) is 4.95. The van der Waals surface area contributed by atoms with Crippen molar-refractivity contribution < 1.29 is 9.47 Å². The Morgan fingerprint density at radius 1 is 1.05 bits per heavy atom. The summed E-state index contributed by atoms with van der Waals surface area (Å²) >= 11 is 6.09. The lowest BCUT2D eigenvalue weighted by atomic mass is 10.2. The summed E-state index contributed by atoms with van der Waals surface area (Å²) in [6.07, 6.45) is 1.49. The summed E-state index contributed by atoms with van der Waals surface area (Å²) in [6, 6.07) is 3.46. The van der Waals surface area contributed by atoms with Gasteiger partial charge in [-0.3, -0.25) is 0 Å². The number of halogens is 1. The van der Waals surface area contributed by atoms with E-state index in [1.165, 1.54) is 6.33 Å². The molecular formula is C14H17ClN4O2. The number of methoxy groups -OCH3 is 2. The minimum Gasteiger partial charge on any atom is -0.495 e. The average molecular weight is 309 g/mol. The van der Waals surface area contributed by atoms with E-state index in [0.717, 1.165) is 11.4 Å². The highest BCUT2D eigenvalue weighted by molar-refractivity contribution is 6.32. The van der Waals surface area contributed by atoms with Crippen LogP contribution in [0.25, 0.3) is 0 Å². The summed E-state index contributed by atoms with van der Waals surface area (Å²) in [5, 5.41) is 6.71. The standard InChI is InChI=1S/C14H17ClN4O2/c1-8-13(16-2)17-7-18-14(8)19-10-6-11(20-3)9(15)5-12(10)21-4/h5-7H,1-4H3,(H2,16,17,18,19). The first-order valence-electron chi connectivity index (χ1n) is 6.28. The molecule has 2 aromatic rings. The Labute approximate surface area is 128 Å². The molecule has 0 unspecified atom stereocenters. The van der Waals surface area contributed by atoms with E-state index in [-0.39, 0.29) is 0 Å². The number of hydrogen-bond donors (Lipinski definition) is 2. The Hall–Kier alpha value is -2.21. The first-order chi connectivity index (χ1) is 10.1. The van der Waals surface area contributed by atoms with Gasteiger partial charge in [-0.1, -0.05) is 11.6 Å². The molecule has 7 heteroatoms. The minimum atomic E-state index is 0.482. The van der Waals surface area contributed by atoms with Gasteiger partial charge in [0.05, 0.1) is 24.9 Å². The quantitative estimate of drug-likeness (QED) is 0.884. The van der Waals surface area contributed by atoms with Crippen molar-refractivity contribution in [2.75, 3.05) is 31.9 Å². The van der Waals surface area contributed by atoms with Crippen molar-refractivity contribution in [2.24, 2.45) is 0 Å². The zero-order valence-corrected chi connectivity index (χ0v) is 13.1. The third kappa shape index (κ3) is 3.11. The maximum absolute atomic E-state index is 6.09. The topological polar surface area (TPSA) is 68.3 Å². The first kappa shape index (κ1) is 15.2. The van der Waals surface area contributed by atoms with Gasteiger partial charge in [-0.15, -0.1) is 0 Å². The summed E-state index contributed by atoms with van der Waals surface area (Å²) < 4.78 is 10.6. The van der Waals surface area contributed by atoms with E-state index < -0.39 is 0 Å². The van der Waals surface area contributed by atoms with Crippen LogP contribution < -0.4 is 20.1 Å². The van der Waals surface area contributed by atoms with Crippen molar-refractivity contribution in [3.8, 4) is 11.5 Å². The molecule has 0 atom stereocenters. The SMILES string of the molecule is CNc1ncnc(Nc2cc(OC)c(Cl)cc2OC)c1C. The fourth-order valence-corrected chi connectivity index (χ4v) is 2.14. The van der Waals surface area contributed by atoms with Crippen LogP contribution in [0, 0.1) is 6.92 Å². The lowest BCUT2D eigenvalue weighted by Gasteiger charge is -2.15. The van der Waals surface area contributed by atoms with Gasteiger partial charge in [0, 0.05) is 24.7 Å². The molecule has 1 heterocycles. The summed E-state index contributed by atoms with van der Waals surface area (Å²) in [5.41, 5.74) is 1.61. The van der Waals surface area contributed by atoms with Gasteiger partial charge in [-0.25, -0.2) is 9.97 Å². The van der Waals surface area contributed by atoms with Crippen LogP contribution in [0.1, 0.15) is 5.56 Å². The molecule has 0 aliphatic carbocycles. The van der Waals surface area contributed by atoms with E-state index in [1.807, 2.05) is 14.0 Å².